The number of hydrogen-bond donors (Lipinski definition) is 3. The number of amides is 2. The number of aryl methyl sites for hydroxylation is 1. The van der Waals surface area contributed by atoms with Gasteiger partial charge in [-0.2, -0.15) is 0 Å². The molecule has 6 nitrogen and oxygen atoms in total. The van der Waals surface area contributed by atoms with Crippen molar-refractivity contribution in [2.45, 2.75) is 13.8 Å². The summed E-state index contributed by atoms with van der Waals surface area (Å²) in [6.45, 7) is 3.88. The largest absolute Gasteiger partial charge is 0.447 e. The maximum absolute atomic E-state index is 11.7. The molecule has 3 N–H and O–H groups in total. The average molecular weight is 266 g/mol. The van der Waals surface area contributed by atoms with E-state index in [4.69, 9.17) is 9.84 Å². The molecule has 2 amide bonds. The first-order valence-corrected chi connectivity index (χ1v) is 6.02. The summed E-state index contributed by atoms with van der Waals surface area (Å²) in [7, 11) is 0. The molecular weight excluding hydrogens is 248 g/mol. The first-order chi connectivity index (χ1) is 9.08. The fourth-order valence-electron chi connectivity index (χ4n) is 1.44. The van der Waals surface area contributed by atoms with Crippen molar-refractivity contribution in [1.29, 1.82) is 0 Å². The van der Waals surface area contributed by atoms with Crippen LogP contribution in [0.4, 0.5) is 10.5 Å². The lowest BCUT2D eigenvalue weighted by molar-refractivity contribution is 0.0955. The van der Waals surface area contributed by atoms with Crippen LogP contribution in [0, 0.1) is 6.92 Å². The Morgan fingerprint density at radius 3 is 2.74 bits per heavy atom. The zero-order chi connectivity index (χ0) is 14.3. The van der Waals surface area contributed by atoms with E-state index in [1.165, 1.54) is 0 Å². The normalized spacial score (nSPS) is 9.84. The molecule has 0 fully saturated rings. The highest BCUT2D eigenvalue weighted by atomic mass is 16.6. The first kappa shape index (κ1) is 15.0. The van der Waals surface area contributed by atoms with Gasteiger partial charge in [0, 0.05) is 17.8 Å². The van der Waals surface area contributed by atoms with Gasteiger partial charge in [0.25, 0.3) is 5.91 Å². The number of hydrogen-bond acceptors (Lipinski definition) is 4. The third-order valence-corrected chi connectivity index (χ3v) is 2.40. The summed E-state index contributed by atoms with van der Waals surface area (Å²) in [5.41, 5.74) is 1.78. The number of benzene rings is 1. The van der Waals surface area contributed by atoms with E-state index >= 15 is 0 Å². The van der Waals surface area contributed by atoms with Crippen LogP contribution in [0.5, 0.6) is 0 Å². The summed E-state index contributed by atoms with van der Waals surface area (Å²) in [5, 5.41) is 13.8. The zero-order valence-corrected chi connectivity index (χ0v) is 11.0. The molecule has 104 valence electrons. The molecule has 0 heterocycles. The van der Waals surface area contributed by atoms with E-state index in [1.54, 1.807) is 18.2 Å². The van der Waals surface area contributed by atoms with Gasteiger partial charge in [-0.05, 0) is 31.5 Å². The third kappa shape index (κ3) is 4.59. The van der Waals surface area contributed by atoms with Crippen LogP contribution in [0.3, 0.4) is 0 Å². The summed E-state index contributed by atoms with van der Waals surface area (Å²) in [5.74, 6) is -0.200. The highest BCUT2D eigenvalue weighted by Crippen LogP contribution is 2.17. The van der Waals surface area contributed by atoms with Crippen LogP contribution in [0.25, 0.3) is 0 Å². The van der Waals surface area contributed by atoms with E-state index in [-0.39, 0.29) is 19.1 Å². The van der Waals surface area contributed by atoms with Gasteiger partial charge in [-0.15, -0.1) is 0 Å². The van der Waals surface area contributed by atoms with Crippen molar-refractivity contribution in [3.8, 4) is 0 Å². The fraction of sp³-hybridized carbons (Fsp3) is 0.385. The van der Waals surface area contributed by atoms with Gasteiger partial charge in [-0.25, -0.2) is 4.79 Å². The quantitative estimate of drug-likeness (QED) is 0.749. The predicted octanol–water partition coefficient (Wildman–Crippen LogP) is 1.29. The van der Waals surface area contributed by atoms with Crippen molar-refractivity contribution in [2.75, 3.05) is 25.1 Å². The highest BCUT2D eigenvalue weighted by Gasteiger charge is 2.10. The minimum absolute atomic E-state index is 0.0686. The lowest BCUT2D eigenvalue weighted by Crippen LogP contribution is -2.23. The van der Waals surface area contributed by atoms with Crippen molar-refractivity contribution in [2.24, 2.45) is 0 Å². The minimum atomic E-state index is -0.662. The number of carbonyl (C=O) groups excluding carboxylic acids is 2. The maximum Gasteiger partial charge on any atom is 0.411 e. The molecule has 0 saturated carbocycles. The van der Waals surface area contributed by atoms with Crippen LogP contribution in [-0.2, 0) is 4.74 Å². The molecule has 1 rings (SSSR count). The van der Waals surface area contributed by atoms with E-state index in [0.717, 1.165) is 5.56 Å². The second kappa shape index (κ2) is 7.38. The number of nitrogens with one attached hydrogen (secondary N) is 2. The molecule has 0 aliphatic heterocycles. The molecule has 1 aromatic carbocycles. The Labute approximate surface area is 111 Å². The molecule has 0 saturated heterocycles. The molecular formula is C13H18N2O4. The van der Waals surface area contributed by atoms with Crippen LogP contribution in [-0.4, -0.2) is 36.9 Å². The maximum atomic E-state index is 11.7. The van der Waals surface area contributed by atoms with Gasteiger partial charge >= 0.3 is 6.09 Å². The number of ether oxygens (including phenoxy) is 1. The summed E-state index contributed by atoms with van der Waals surface area (Å²) in [4.78, 5) is 23.1. The van der Waals surface area contributed by atoms with Gasteiger partial charge in [0.1, 0.15) is 6.61 Å². The van der Waals surface area contributed by atoms with E-state index in [2.05, 4.69) is 10.6 Å². The third-order valence-electron chi connectivity index (χ3n) is 2.40. The van der Waals surface area contributed by atoms with Crippen LogP contribution >= 0.6 is 0 Å². The standard InChI is InChI=1S/C13H18N2O4/c1-3-14-12(17)10-5-4-9(2)11(8-10)15-13(18)19-7-6-16/h4-5,8,16H,3,6-7H2,1-2H3,(H,14,17)(H,15,18). The Morgan fingerprint density at radius 1 is 1.37 bits per heavy atom. The topological polar surface area (TPSA) is 87.7 Å². The molecule has 1 aromatic rings. The van der Waals surface area contributed by atoms with Gasteiger partial charge < -0.3 is 15.2 Å². The summed E-state index contributed by atoms with van der Waals surface area (Å²) >= 11 is 0. The van der Waals surface area contributed by atoms with Crippen LogP contribution in [0.1, 0.15) is 22.8 Å². The SMILES string of the molecule is CCNC(=O)c1ccc(C)c(NC(=O)OCCO)c1. The van der Waals surface area contributed by atoms with Gasteiger partial charge in [-0.1, -0.05) is 6.07 Å². The van der Waals surface area contributed by atoms with Crippen LogP contribution < -0.4 is 10.6 Å². The molecule has 0 radical (unpaired) electrons. The van der Waals surface area contributed by atoms with Crippen molar-refractivity contribution in [3.05, 3.63) is 29.3 Å². The number of anilines is 1. The number of carbonyl (C=O) groups is 2. The number of rotatable bonds is 5. The number of aliphatic hydroxyl groups is 1. The molecule has 0 atom stereocenters. The average Bonchev–Trinajstić information content (AvgIpc) is 2.39. The second-order valence-electron chi connectivity index (χ2n) is 3.87. The highest BCUT2D eigenvalue weighted by molar-refractivity contribution is 5.96. The predicted molar refractivity (Wildman–Crippen MR) is 71.2 cm³/mol. The van der Waals surface area contributed by atoms with Crippen LogP contribution in [0.2, 0.25) is 0 Å². The van der Waals surface area contributed by atoms with Gasteiger partial charge in [-0.3, -0.25) is 10.1 Å². The van der Waals surface area contributed by atoms with E-state index in [1.807, 2.05) is 13.8 Å². The van der Waals surface area contributed by atoms with Gasteiger partial charge in [0.15, 0.2) is 0 Å². The van der Waals surface area contributed by atoms with Crippen molar-refractivity contribution < 1.29 is 19.4 Å². The Balaban J connectivity index is 2.79. The fourth-order valence-corrected chi connectivity index (χ4v) is 1.44. The molecule has 6 heteroatoms. The first-order valence-electron chi connectivity index (χ1n) is 6.02. The lowest BCUT2D eigenvalue weighted by Gasteiger charge is -2.10. The van der Waals surface area contributed by atoms with E-state index in [9.17, 15) is 9.59 Å². The smallest absolute Gasteiger partial charge is 0.411 e. The molecule has 19 heavy (non-hydrogen) atoms. The van der Waals surface area contributed by atoms with E-state index in [0.29, 0.717) is 17.8 Å². The molecule has 0 aliphatic rings. The minimum Gasteiger partial charge on any atom is -0.447 e. The van der Waals surface area contributed by atoms with E-state index < -0.39 is 6.09 Å². The van der Waals surface area contributed by atoms with Crippen molar-refractivity contribution >= 4 is 17.7 Å². The molecule has 0 unspecified atom stereocenters. The Morgan fingerprint density at radius 2 is 2.11 bits per heavy atom. The van der Waals surface area contributed by atoms with Crippen molar-refractivity contribution in [1.82, 2.24) is 5.32 Å². The Bertz CT molecular complexity index is 460. The monoisotopic (exact) mass is 266 g/mol. The number of aliphatic hydroxyl groups excluding tert-OH is 1. The summed E-state index contributed by atoms with van der Waals surface area (Å²) in [6, 6.07) is 5.01. The summed E-state index contributed by atoms with van der Waals surface area (Å²) in [6.07, 6.45) is -0.662. The van der Waals surface area contributed by atoms with Crippen molar-refractivity contribution in [3.63, 3.8) is 0 Å². The molecule has 0 spiro atoms. The molecule has 0 aromatic heterocycles. The van der Waals surface area contributed by atoms with Crippen LogP contribution in [0.15, 0.2) is 18.2 Å². The zero-order valence-electron chi connectivity index (χ0n) is 11.0. The van der Waals surface area contributed by atoms with Gasteiger partial charge in [0.05, 0.1) is 6.61 Å². The molecule has 0 aliphatic carbocycles. The second-order valence-corrected chi connectivity index (χ2v) is 3.87. The van der Waals surface area contributed by atoms with Gasteiger partial charge in [0.2, 0.25) is 0 Å². The summed E-state index contributed by atoms with van der Waals surface area (Å²) < 4.78 is 4.70. The Kier molecular flexibility index (Phi) is 5.81. The Hall–Kier alpha value is -2.08. The molecule has 0 bridgehead atoms. The lowest BCUT2D eigenvalue weighted by atomic mass is 10.1.